The highest BCUT2D eigenvalue weighted by Crippen LogP contribution is 2.15. The van der Waals surface area contributed by atoms with Crippen LogP contribution in [0, 0.1) is 5.92 Å². The van der Waals surface area contributed by atoms with Crippen LogP contribution in [0.1, 0.15) is 51.5 Å². The zero-order valence-electron chi connectivity index (χ0n) is 54.0. The SMILES string of the molecule is CN[C@@H](CCCCNC(=O)C(O)COCC(O)COCC(O)COCC(O)COCC(O)COCC(O)COCC(O)CN(C[C@H](O)[C@@H](O)[C@H](O)[C@H](O)CO)C[C@H](O)[C@@H](O)[C@H](O)[C@H](O)CO)C(=O)N[C@H](C(=O)N[C@@H](CCCNC(N)=O)C(=O)Nc1ccc(CO)cc1)C(C)C. The van der Waals surface area contributed by atoms with Crippen LogP contribution in [-0.4, -0.2) is 368 Å². The molecule has 1 aromatic rings. The van der Waals surface area contributed by atoms with Crippen molar-refractivity contribution in [3.63, 3.8) is 0 Å². The van der Waals surface area contributed by atoms with Crippen LogP contribution < -0.4 is 37.6 Å². The van der Waals surface area contributed by atoms with Crippen LogP contribution >= 0.6 is 0 Å². The molecule has 0 saturated carbocycles. The maximum atomic E-state index is 13.6. The average Bonchev–Trinajstić information content (AvgIpc) is 0.977. The third-order valence-electron chi connectivity index (χ3n) is 14.1. The zero-order valence-corrected chi connectivity index (χ0v) is 54.0. The molecule has 0 spiro atoms. The number of benzene rings is 1. The van der Waals surface area contributed by atoms with Crippen LogP contribution in [0.5, 0.6) is 0 Å². The third-order valence-corrected chi connectivity index (χ3v) is 14.1. The molecular weight excluding hydrogens is 1270 g/mol. The number of anilines is 1. The smallest absolute Gasteiger partial charge is 0.312 e. The first-order chi connectivity index (χ1) is 45.0. The minimum atomic E-state index is -2.04. The van der Waals surface area contributed by atoms with Crippen LogP contribution in [-0.2, 0) is 54.2 Å². The lowest BCUT2D eigenvalue weighted by Gasteiger charge is -2.34. The zero-order chi connectivity index (χ0) is 71.6. The van der Waals surface area contributed by atoms with Crippen molar-refractivity contribution in [3.05, 3.63) is 29.8 Å². The molecule has 0 saturated heterocycles. The highest BCUT2D eigenvalue weighted by molar-refractivity contribution is 5.98. The summed E-state index contributed by atoms with van der Waals surface area (Å²) in [7, 11) is 1.57. The van der Waals surface area contributed by atoms with Gasteiger partial charge in [0.15, 0.2) is 6.10 Å². The van der Waals surface area contributed by atoms with Gasteiger partial charge in [-0.1, -0.05) is 26.0 Å². The number of carbonyl (C=O) groups is 5. The molecule has 37 nitrogen and oxygen atoms in total. The summed E-state index contributed by atoms with van der Waals surface area (Å²) in [6, 6.07) is 2.84. The number of amides is 6. The Bertz CT molecular complexity index is 2180. The fourth-order valence-corrected chi connectivity index (χ4v) is 8.75. The Morgan fingerprint density at radius 1 is 0.453 bits per heavy atom. The van der Waals surface area contributed by atoms with E-state index in [1.807, 2.05) is 0 Å². The predicted molar refractivity (Wildman–Crippen MR) is 332 cm³/mol. The van der Waals surface area contributed by atoms with E-state index in [0.717, 1.165) is 4.90 Å². The number of nitrogens with one attached hydrogen (secondary N) is 6. The number of urea groups is 1. The van der Waals surface area contributed by atoms with Gasteiger partial charge in [0.05, 0.1) is 123 Å². The quantitative estimate of drug-likeness (QED) is 0.0269. The summed E-state index contributed by atoms with van der Waals surface area (Å²) in [5.41, 5.74) is 6.20. The summed E-state index contributed by atoms with van der Waals surface area (Å²) >= 11 is 0. The Morgan fingerprint density at radius 2 is 0.853 bits per heavy atom. The van der Waals surface area contributed by atoms with Gasteiger partial charge in [-0.05, 0) is 62.8 Å². The van der Waals surface area contributed by atoms with Gasteiger partial charge in [0.1, 0.15) is 79.2 Å². The lowest BCUT2D eigenvalue weighted by molar-refractivity contribution is -0.133. The van der Waals surface area contributed by atoms with E-state index in [4.69, 9.17) is 44.4 Å². The van der Waals surface area contributed by atoms with Crippen LogP contribution in [0.3, 0.4) is 0 Å². The number of ether oxygens (including phenoxy) is 6. The maximum Gasteiger partial charge on any atom is 0.312 e. The second kappa shape index (κ2) is 50.6. The first-order valence-corrected chi connectivity index (χ1v) is 31.2. The summed E-state index contributed by atoms with van der Waals surface area (Å²) in [5, 5.41) is 196. The molecule has 0 aliphatic rings. The normalized spacial score (nSPS) is 17.7. The Morgan fingerprint density at radius 3 is 1.25 bits per heavy atom. The van der Waals surface area contributed by atoms with Crippen molar-refractivity contribution >= 4 is 35.3 Å². The molecule has 0 aliphatic carbocycles. The number of primary amides is 1. The van der Waals surface area contributed by atoms with Crippen LogP contribution in [0.4, 0.5) is 10.5 Å². The van der Waals surface area contributed by atoms with Crippen molar-refractivity contribution in [2.45, 2.75) is 162 Å². The molecule has 0 heterocycles. The minimum Gasteiger partial charge on any atom is -0.394 e. The number of nitrogens with zero attached hydrogens (tertiary/aromatic N) is 1. The molecule has 0 aliphatic heterocycles. The van der Waals surface area contributed by atoms with Crippen LogP contribution in [0.15, 0.2) is 24.3 Å². The van der Waals surface area contributed by atoms with Crippen molar-refractivity contribution < 1.29 is 144 Å². The summed E-state index contributed by atoms with van der Waals surface area (Å²) in [6.45, 7) is -4.26. The molecule has 0 aromatic heterocycles. The van der Waals surface area contributed by atoms with Crippen molar-refractivity contribution in [3.8, 4) is 0 Å². The van der Waals surface area contributed by atoms with Crippen molar-refractivity contribution in [1.82, 2.24) is 31.5 Å². The van der Waals surface area contributed by atoms with Gasteiger partial charge in [-0.3, -0.25) is 24.1 Å². The minimum absolute atomic E-state index is 0.117. The standard InChI is InChI=1S/C58H108N8O29/c1-33(2)49(57(88)64-43(8-6-14-62-58(59)89)55(86)63-35-11-9-34(18-67)10-12-35)65-54(85)42(60-3)7-4-5-13-61-56(87)48(80)32-95-31-41(75)30-94-29-40(74)28-93-27-39(73)26-92-25-38(72)24-91-23-37(71)22-90-21-36(70)15-66(16-44(76)50(81)52(83)46(78)19-68)17-45(77)51(82)53(84)47(79)20-69/h9-12,33,36-53,60,67-84H,4-8,13-32H2,1-3H3,(H,61,87)(H,63,86)(H,64,88)(H,65,85)(H3,59,62,89)/t36?,37?,38?,39?,40?,41?,42-,43-,44-,45-,46+,47+,48?,49-,50+,51+,52+,53+/m0/s1. The summed E-state index contributed by atoms with van der Waals surface area (Å²) in [4.78, 5) is 65.1. The molecule has 6 amide bonds. The Balaban J connectivity index is 2.35. The van der Waals surface area contributed by atoms with E-state index < -0.39 is 198 Å². The van der Waals surface area contributed by atoms with Crippen molar-refractivity contribution in [2.75, 3.05) is 138 Å². The van der Waals surface area contributed by atoms with E-state index in [2.05, 4.69) is 31.9 Å². The lowest BCUT2D eigenvalue weighted by atomic mass is 10.0. The lowest BCUT2D eigenvalue weighted by Crippen LogP contribution is -2.57. The third kappa shape index (κ3) is 38.9. The Hall–Kier alpha value is -4.67. The maximum absolute atomic E-state index is 13.6. The van der Waals surface area contributed by atoms with Gasteiger partial charge < -0.3 is 158 Å². The number of carbonyl (C=O) groups excluding carboxylic acids is 5. The van der Waals surface area contributed by atoms with Gasteiger partial charge in [-0.25, -0.2) is 4.79 Å². The van der Waals surface area contributed by atoms with Crippen LogP contribution in [0.2, 0.25) is 0 Å². The molecule has 0 fully saturated rings. The summed E-state index contributed by atoms with van der Waals surface area (Å²) in [5.74, 6) is -2.80. The number of hydrogen-bond acceptors (Lipinski definition) is 31. The molecule has 1 aromatic carbocycles. The van der Waals surface area contributed by atoms with E-state index in [0.29, 0.717) is 30.5 Å². The van der Waals surface area contributed by atoms with E-state index in [1.54, 1.807) is 45.2 Å². The van der Waals surface area contributed by atoms with Gasteiger partial charge in [0.2, 0.25) is 17.7 Å². The molecule has 0 radical (unpaired) electrons. The number of aliphatic hydroxyl groups is 18. The van der Waals surface area contributed by atoms with Gasteiger partial charge >= 0.3 is 6.03 Å². The van der Waals surface area contributed by atoms with Gasteiger partial charge in [-0.2, -0.15) is 0 Å². The van der Waals surface area contributed by atoms with E-state index >= 15 is 0 Å². The van der Waals surface area contributed by atoms with Crippen molar-refractivity contribution in [1.29, 1.82) is 0 Å². The second-order valence-electron chi connectivity index (χ2n) is 23.2. The molecule has 0 bridgehead atoms. The Labute approximate surface area is 551 Å². The number of aliphatic hydroxyl groups excluding tert-OH is 18. The molecule has 37 heteroatoms. The molecule has 1 rings (SSSR count). The molecule has 18 atom stereocenters. The van der Waals surface area contributed by atoms with Crippen molar-refractivity contribution in [2.24, 2.45) is 11.7 Å². The average molecular weight is 1380 g/mol. The molecule has 26 N–H and O–H groups in total. The summed E-state index contributed by atoms with van der Waals surface area (Å²) in [6.07, 6.45) is -23.1. The highest BCUT2D eigenvalue weighted by atomic mass is 16.5. The number of hydrogen-bond donors (Lipinski definition) is 25. The van der Waals surface area contributed by atoms with Gasteiger partial charge in [-0.15, -0.1) is 0 Å². The number of unbranched alkanes of at least 4 members (excludes halogenated alkanes) is 1. The Kier molecular flexibility index (Phi) is 47.1. The monoisotopic (exact) mass is 1380 g/mol. The van der Waals surface area contributed by atoms with Gasteiger partial charge in [0, 0.05) is 38.4 Å². The molecule has 95 heavy (non-hydrogen) atoms. The largest absolute Gasteiger partial charge is 0.394 e. The number of likely N-dealkylation sites (N-methyl/N-ethyl adjacent to an activating group) is 1. The van der Waals surface area contributed by atoms with E-state index in [-0.39, 0.29) is 92.0 Å². The highest BCUT2D eigenvalue weighted by Gasteiger charge is 2.36. The first-order valence-electron chi connectivity index (χ1n) is 31.2. The molecule has 7 unspecified atom stereocenters. The fraction of sp³-hybridized carbons (Fsp3) is 0.810. The summed E-state index contributed by atoms with van der Waals surface area (Å²) < 4.78 is 31.6. The van der Waals surface area contributed by atoms with Crippen LogP contribution in [0.25, 0.3) is 0 Å². The molecule has 554 valence electrons. The van der Waals surface area contributed by atoms with Gasteiger partial charge in [0.25, 0.3) is 5.91 Å². The second-order valence-corrected chi connectivity index (χ2v) is 23.2. The fourth-order valence-electron chi connectivity index (χ4n) is 8.75. The number of rotatable bonds is 57. The topological polar surface area (TPSA) is 606 Å². The predicted octanol–water partition coefficient (Wildman–Crippen LogP) is -11.1. The first kappa shape index (κ1) is 88.3. The number of nitrogens with two attached hydrogens (primary N) is 1. The van der Waals surface area contributed by atoms with E-state index in [9.17, 15) is 106 Å². The molecular formula is C58H108N8O29. The van der Waals surface area contributed by atoms with E-state index in [1.165, 1.54) is 0 Å².